The molecular formula is C13H10BrFN2S. The molecule has 2 rings (SSSR count). The second-order valence-corrected chi connectivity index (χ2v) is 5.77. The minimum absolute atomic E-state index is 0.364. The third kappa shape index (κ3) is 2.14. The summed E-state index contributed by atoms with van der Waals surface area (Å²) < 4.78 is 14.7. The summed E-state index contributed by atoms with van der Waals surface area (Å²) in [4.78, 5) is 4.17. The molecule has 0 fully saturated rings. The van der Waals surface area contributed by atoms with Crippen molar-refractivity contribution in [3.05, 3.63) is 45.1 Å². The zero-order chi connectivity index (χ0) is 13.3. The van der Waals surface area contributed by atoms with Gasteiger partial charge < -0.3 is 5.73 Å². The van der Waals surface area contributed by atoms with Gasteiger partial charge in [-0.3, -0.25) is 0 Å². The molecule has 1 heterocycles. The Kier molecular flexibility index (Phi) is 3.42. The Morgan fingerprint density at radius 2 is 2.28 bits per heavy atom. The van der Waals surface area contributed by atoms with Crippen LogP contribution in [0.3, 0.4) is 0 Å². The SMILES string of the molecule is C#CC(C)(c1csc(N)n1)c1ccc(Br)cc1F. The molecular weight excluding hydrogens is 315 g/mol. The van der Waals surface area contributed by atoms with E-state index in [1.807, 2.05) is 0 Å². The van der Waals surface area contributed by atoms with E-state index in [1.165, 1.54) is 17.4 Å². The molecule has 18 heavy (non-hydrogen) atoms. The van der Waals surface area contributed by atoms with Gasteiger partial charge in [-0.25, -0.2) is 9.37 Å². The highest BCUT2D eigenvalue weighted by atomic mass is 79.9. The summed E-state index contributed by atoms with van der Waals surface area (Å²) >= 11 is 4.51. The van der Waals surface area contributed by atoms with Crippen molar-refractivity contribution in [2.75, 3.05) is 5.73 Å². The third-order valence-electron chi connectivity index (χ3n) is 2.79. The van der Waals surface area contributed by atoms with Gasteiger partial charge in [-0.1, -0.05) is 27.9 Å². The molecule has 0 aliphatic rings. The number of thiazole rings is 1. The number of nitrogen functional groups attached to an aromatic ring is 1. The lowest BCUT2D eigenvalue weighted by molar-refractivity contribution is 0.576. The van der Waals surface area contributed by atoms with Gasteiger partial charge in [-0.2, -0.15) is 0 Å². The van der Waals surface area contributed by atoms with Crippen LogP contribution in [-0.2, 0) is 5.41 Å². The number of terminal acetylenes is 1. The molecule has 0 saturated carbocycles. The van der Waals surface area contributed by atoms with E-state index in [9.17, 15) is 4.39 Å². The first-order valence-corrected chi connectivity index (χ1v) is 6.79. The average Bonchev–Trinajstić information content (AvgIpc) is 2.75. The van der Waals surface area contributed by atoms with Crippen LogP contribution in [0.1, 0.15) is 18.2 Å². The number of nitrogens with two attached hydrogens (primary N) is 1. The monoisotopic (exact) mass is 324 g/mol. The van der Waals surface area contributed by atoms with Crippen molar-refractivity contribution in [1.82, 2.24) is 4.98 Å². The lowest BCUT2D eigenvalue weighted by Gasteiger charge is -2.22. The Morgan fingerprint density at radius 3 is 2.78 bits per heavy atom. The quantitative estimate of drug-likeness (QED) is 0.858. The van der Waals surface area contributed by atoms with E-state index in [2.05, 4.69) is 26.8 Å². The van der Waals surface area contributed by atoms with Gasteiger partial charge >= 0.3 is 0 Å². The summed E-state index contributed by atoms with van der Waals surface area (Å²) in [6, 6.07) is 4.80. The summed E-state index contributed by atoms with van der Waals surface area (Å²) in [5, 5.41) is 2.18. The molecule has 0 aliphatic carbocycles. The predicted octanol–water partition coefficient (Wildman–Crippen LogP) is 3.57. The Balaban J connectivity index is 2.61. The first-order valence-electron chi connectivity index (χ1n) is 5.12. The molecule has 0 spiro atoms. The Morgan fingerprint density at radius 1 is 1.56 bits per heavy atom. The first-order chi connectivity index (χ1) is 8.47. The molecule has 0 bridgehead atoms. The normalized spacial score (nSPS) is 13.9. The molecule has 2 nitrogen and oxygen atoms in total. The average molecular weight is 325 g/mol. The van der Waals surface area contributed by atoms with Crippen LogP contribution in [0.4, 0.5) is 9.52 Å². The number of hydrogen-bond acceptors (Lipinski definition) is 3. The van der Waals surface area contributed by atoms with E-state index in [-0.39, 0.29) is 5.82 Å². The molecule has 1 atom stereocenters. The maximum atomic E-state index is 14.0. The van der Waals surface area contributed by atoms with Gasteiger partial charge in [-0.05, 0) is 19.1 Å². The van der Waals surface area contributed by atoms with Gasteiger partial charge in [0.15, 0.2) is 5.13 Å². The molecule has 1 aromatic heterocycles. The van der Waals surface area contributed by atoms with Crippen LogP contribution in [0.25, 0.3) is 0 Å². The lowest BCUT2D eigenvalue weighted by Crippen LogP contribution is -2.23. The standard InChI is InChI=1S/C13H10BrFN2S/c1-3-13(2,11-7-18-12(16)17-11)9-5-4-8(14)6-10(9)15/h1,4-7H,2H3,(H2,16,17). The zero-order valence-electron chi connectivity index (χ0n) is 9.58. The smallest absolute Gasteiger partial charge is 0.180 e. The van der Waals surface area contributed by atoms with Crippen molar-refractivity contribution < 1.29 is 4.39 Å². The second kappa shape index (κ2) is 4.71. The maximum absolute atomic E-state index is 14.0. The van der Waals surface area contributed by atoms with Crippen molar-refractivity contribution in [2.45, 2.75) is 12.3 Å². The molecule has 92 valence electrons. The predicted molar refractivity (Wildman–Crippen MR) is 75.9 cm³/mol. The molecule has 5 heteroatoms. The van der Waals surface area contributed by atoms with Gasteiger partial charge in [0, 0.05) is 15.4 Å². The van der Waals surface area contributed by atoms with Crippen molar-refractivity contribution in [1.29, 1.82) is 0 Å². The molecule has 2 N–H and O–H groups in total. The van der Waals surface area contributed by atoms with Crippen LogP contribution in [0, 0.1) is 18.2 Å². The first kappa shape index (κ1) is 13.1. The fraction of sp³-hybridized carbons (Fsp3) is 0.154. The van der Waals surface area contributed by atoms with Crippen LogP contribution in [-0.4, -0.2) is 4.98 Å². The highest BCUT2D eigenvalue weighted by Gasteiger charge is 2.32. The summed E-state index contributed by atoms with van der Waals surface area (Å²) in [6.45, 7) is 1.76. The van der Waals surface area contributed by atoms with E-state index in [0.717, 1.165) is 0 Å². The van der Waals surface area contributed by atoms with Crippen LogP contribution in [0.2, 0.25) is 0 Å². The molecule has 1 aromatic carbocycles. The molecule has 0 amide bonds. The summed E-state index contributed by atoms with van der Waals surface area (Å²) in [5.41, 5.74) is 5.70. The topological polar surface area (TPSA) is 38.9 Å². The number of halogens is 2. The van der Waals surface area contributed by atoms with Crippen LogP contribution >= 0.6 is 27.3 Å². The van der Waals surface area contributed by atoms with Crippen molar-refractivity contribution in [2.24, 2.45) is 0 Å². The summed E-state index contributed by atoms with van der Waals surface area (Å²) in [5.74, 6) is 2.25. The van der Waals surface area contributed by atoms with Crippen LogP contribution in [0.5, 0.6) is 0 Å². The zero-order valence-corrected chi connectivity index (χ0v) is 12.0. The number of anilines is 1. The highest BCUT2D eigenvalue weighted by Crippen LogP contribution is 2.35. The largest absolute Gasteiger partial charge is 0.375 e. The van der Waals surface area contributed by atoms with Crippen LogP contribution in [0.15, 0.2) is 28.1 Å². The third-order valence-corrected chi connectivity index (χ3v) is 3.96. The molecule has 0 saturated heterocycles. The van der Waals surface area contributed by atoms with Gasteiger partial charge in [-0.15, -0.1) is 17.8 Å². The number of aromatic nitrogens is 1. The minimum atomic E-state index is -0.918. The Hall–Kier alpha value is -1.38. The van der Waals surface area contributed by atoms with Gasteiger partial charge in [0.25, 0.3) is 0 Å². The number of benzene rings is 1. The highest BCUT2D eigenvalue weighted by molar-refractivity contribution is 9.10. The van der Waals surface area contributed by atoms with Gasteiger partial charge in [0.1, 0.15) is 5.82 Å². The van der Waals surface area contributed by atoms with E-state index < -0.39 is 5.41 Å². The van der Waals surface area contributed by atoms with E-state index >= 15 is 0 Å². The minimum Gasteiger partial charge on any atom is -0.375 e. The van der Waals surface area contributed by atoms with E-state index in [4.69, 9.17) is 12.2 Å². The fourth-order valence-corrected chi connectivity index (χ4v) is 2.71. The van der Waals surface area contributed by atoms with Crippen LogP contribution < -0.4 is 5.73 Å². The van der Waals surface area contributed by atoms with Crippen molar-refractivity contribution in [3.63, 3.8) is 0 Å². The second-order valence-electron chi connectivity index (χ2n) is 3.96. The van der Waals surface area contributed by atoms with Gasteiger partial charge in [0.2, 0.25) is 0 Å². The van der Waals surface area contributed by atoms with E-state index in [1.54, 1.807) is 24.4 Å². The summed E-state index contributed by atoms with van der Waals surface area (Å²) in [7, 11) is 0. The summed E-state index contributed by atoms with van der Waals surface area (Å²) in [6.07, 6.45) is 5.58. The molecule has 0 aliphatic heterocycles. The number of hydrogen-bond donors (Lipinski definition) is 1. The van der Waals surface area contributed by atoms with Gasteiger partial charge in [0.05, 0.1) is 11.1 Å². The molecule has 0 radical (unpaired) electrons. The number of rotatable bonds is 2. The Bertz CT molecular complexity index is 632. The lowest BCUT2D eigenvalue weighted by atomic mass is 9.80. The Labute approximate surface area is 117 Å². The van der Waals surface area contributed by atoms with Crippen molar-refractivity contribution >= 4 is 32.4 Å². The maximum Gasteiger partial charge on any atom is 0.180 e. The fourth-order valence-electron chi connectivity index (χ4n) is 1.70. The molecule has 1 unspecified atom stereocenters. The number of nitrogens with zero attached hydrogens (tertiary/aromatic N) is 1. The van der Waals surface area contributed by atoms with E-state index in [0.29, 0.717) is 20.9 Å². The van der Waals surface area contributed by atoms with Crippen molar-refractivity contribution in [3.8, 4) is 12.3 Å². The molecule has 2 aromatic rings.